The molecule has 0 spiro atoms. The minimum atomic E-state index is -3.62. The van der Waals surface area contributed by atoms with Crippen molar-refractivity contribution in [3.05, 3.63) is 11.6 Å². The van der Waals surface area contributed by atoms with E-state index in [2.05, 4.69) is 0 Å². The Morgan fingerprint density at radius 1 is 1.57 bits per heavy atom. The van der Waals surface area contributed by atoms with Crippen LogP contribution >= 0.6 is 7.37 Å². The lowest BCUT2D eigenvalue weighted by atomic mass is 9.89. The van der Waals surface area contributed by atoms with Crippen LogP contribution in [0, 0.1) is 11.3 Å². The van der Waals surface area contributed by atoms with Crippen LogP contribution in [0.15, 0.2) is 11.6 Å². The molecule has 1 unspecified atom stereocenters. The molecule has 0 amide bonds. The zero-order valence-corrected chi connectivity index (χ0v) is 12.6. The van der Waals surface area contributed by atoms with Crippen molar-refractivity contribution in [1.29, 1.82) is 5.41 Å². The van der Waals surface area contributed by atoms with Crippen molar-refractivity contribution in [3.8, 4) is 0 Å². The summed E-state index contributed by atoms with van der Waals surface area (Å²) in [7, 11) is -3.62. The summed E-state index contributed by atoms with van der Waals surface area (Å²) >= 11 is 0. The van der Waals surface area contributed by atoms with E-state index in [1.165, 1.54) is 6.08 Å². The Hall–Kier alpha value is -1.05. The third-order valence-electron chi connectivity index (χ3n) is 3.04. The number of ether oxygens (including phenoxy) is 1. The maximum Gasteiger partial charge on any atom is 0.259 e. The van der Waals surface area contributed by atoms with Gasteiger partial charge in [-0.3, -0.25) is 4.57 Å². The van der Waals surface area contributed by atoms with Crippen molar-refractivity contribution < 1.29 is 34.3 Å². The molecule has 122 valence electrons. The molecular weight excluding hydrogens is 303 g/mol. The summed E-state index contributed by atoms with van der Waals surface area (Å²) in [5, 5.41) is 33.4. The molecule has 6 atom stereocenters. The van der Waals surface area contributed by atoms with Crippen molar-refractivity contribution in [2.75, 3.05) is 13.3 Å². The predicted molar refractivity (Wildman–Crippen MR) is 73.4 cm³/mol. The summed E-state index contributed by atoms with van der Waals surface area (Å²) in [6.45, 7) is 2.16. The van der Waals surface area contributed by atoms with E-state index in [0.29, 0.717) is 0 Å². The Morgan fingerprint density at radius 2 is 2.05 bits per heavy atom. The number of nitrogens with two attached hydrogens (primary N) is 1. The van der Waals surface area contributed by atoms with Crippen molar-refractivity contribution in [1.82, 2.24) is 0 Å². The van der Waals surface area contributed by atoms with Gasteiger partial charge < -0.3 is 30.7 Å². The van der Waals surface area contributed by atoms with Crippen molar-refractivity contribution in [3.63, 3.8) is 0 Å². The van der Waals surface area contributed by atoms with Gasteiger partial charge in [0.05, 0.1) is 6.61 Å². The molecule has 10 heteroatoms. The molecule has 0 aromatic rings. The fourth-order valence-corrected chi connectivity index (χ4v) is 2.53. The first-order valence-corrected chi connectivity index (χ1v) is 8.16. The van der Waals surface area contributed by atoms with Gasteiger partial charge >= 0.3 is 0 Å². The summed E-state index contributed by atoms with van der Waals surface area (Å²) in [4.78, 5) is 17.8. The van der Waals surface area contributed by atoms with Crippen LogP contribution in [-0.2, 0) is 14.1 Å². The van der Waals surface area contributed by atoms with Crippen LogP contribution in [0.5, 0.6) is 0 Å². The van der Waals surface area contributed by atoms with Gasteiger partial charge in [0.25, 0.3) is 7.37 Å². The highest BCUT2D eigenvalue weighted by Crippen LogP contribution is 2.49. The average Bonchev–Trinajstić information content (AvgIpc) is 2.39. The predicted octanol–water partition coefficient (Wildman–Crippen LogP) is -1.29. The van der Waals surface area contributed by atoms with E-state index in [0.717, 1.165) is 12.7 Å². The lowest BCUT2D eigenvalue weighted by Crippen LogP contribution is -2.50. The number of carbonyl (C=O) groups excluding carboxylic acids is 1. The highest BCUT2D eigenvalue weighted by Gasteiger charge is 2.40. The van der Waals surface area contributed by atoms with Crippen molar-refractivity contribution >= 4 is 13.4 Å². The molecule has 0 saturated heterocycles. The third-order valence-corrected chi connectivity index (χ3v) is 4.12. The van der Waals surface area contributed by atoms with Gasteiger partial charge in [-0.15, -0.1) is 0 Å². The first-order chi connectivity index (χ1) is 9.59. The lowest BCUT2D eigenvalue weighted by Gasteiger charge is -2.37. The second-order valence-electron chi connectivity index (χ2n) is 4.75. The molecular formula is C11H21N2O7P. The van der Waals surface area contributed by atoms with Gasteiger partial charge in [0, 0.05) is 18.6 Å². The third kappa shape index (κ3) is 5.68. The Morgan fingerprint density at radius 3 is 2.43 bits per heavy atom. The standard InChI is InChI=1S/C10H20NO6P.CHNO/c1-5-6(11)3-8(18(2,15)16)17-10(5)9(14)7(13)4-12;2-1-3/h3,5-7,9-10,12-14H,4,11H2,1-2H3,(H,15,16);2H/t5-,6+,7-,9-,10-;/m1./s1. The van der Waals surface area contributed by atoms with E-state index in [1.807, 2.05) is 0 Å². The second-order valence-corrected chi connectivity index (χ2v) is 6.94. The topological polar surface area (TPSA) is 174 Å². The van der Waals surface area contributed by atoms with Crippen molar-refractivity contribution in [2.45, 2.75) is 31.3 Å². The number of hydrogen-bond donors (Lipinski definition) is 6. The summed E-state index contributed by atoms with van der Waals surface area (Å²) < 4.78 is 16.8. The highest BCUT2D eigenvalue weighted by atomic mass is 31.2. The van der Waals surface area contributed by atoms with Gasteiger partial charge in [-0.05, 0) is 6.08 Å². The minimum Gasteiger partial charge on any atom is -0.482 e. The fourth-order valence-electron chi connectivity index (χ4n) is 1.77. The van der Waals surface area contributed by atoms with Gasteiger partial charge in [0.2, 0.25) is 6.08 Å². The quantitative estimate of drug-likeness (QED) is 0.210. The highest BCUT2D eigenvalue weighted by molar-refractivity contribution is 7.61. The van der Waals surface area contributed by atoms with E-state index in [4.69, 9.17) is 25.8 Å². The molecule has 0 saturated carbocycles. The van der Waals surface area contributed by atoms with E-state index >= 15 is 0 Å². The lowest BCUT2D eigenvalue weighted by molar-refractivity contribution is -0.105. The molecule has 21 heavy (non-hydrogen) atoms. The maximum atomic E-state index is 11.5. The molecule has 9 nitrogen and oxygen atoms in total. The molecule has 0 bridgehead atoms. The van der Waals surface area contributed by atoms with Crippen LogP contribution in [0.2, 0.25) is 0 Å². The van der Waals surface area contributed by atoms with E-state index in [9.17, 15) is 19.7 Å². The number of hydrogen-bond acceptors (Lipinski definition) is 8. The van der Waals surface area contributed by atoms with Crippen LogP contribution in [0.3, 0.4) is 0 Å². The maximum absolute atomic E-state index is 11.5. The average molecular weight is 324 g/mol. The summed E-state index contributed by atoms with van der Waals surface area (Å²) in [6, 6.07) is -0.570. The summed E-state index contributed by atoms with van der Waals surface area (Å²) in [5.41, 5.74) is 5.61. The number of aliphatic hydroxyl groups is 3. The van der Waals surface area contributed by atoms with Gasteiger partial charge in [-0.1, -0.05) is 6.92 Å². The largest absolute Gasteiger partial charge is 0.482 e. The van der Waals surface area contributed by atoms with Gasteiger partial charge in [-0.2, -0.15) is 0 Å². The molecule has 0 aliphatic carbocycles. The summed E-state index contributed by atoms with van der Waals surface area (Å²) in [5.74, 6) is -0.364. The molecule has 1 aliphatic rings. The van der Waals surface area contributed by atoms with E-state index in [-0.39, 0.29) is 11.4 Å². The van der Waals surface area contributed by atoms with Crippen LogP contribution in [0.1, 0.15) is 6.92 Å². The van der Waals surface area contributed by atoms with Crippen LogP contribution in [-0.4, -0.2) is 63.9 Å². The second kappa shape index (κ2) is 8.41. The number of rotatable bonds is 4. The first kappa shape index (κ1) is 19.9. The van der Waals surface area contributed by atoms with Crippen molar-refractivity contribution in [2.24, 2.45) is 11.7 Å². The van der Waals surface area contributed by atoms with Gasteiger partial charge in [0.15, 0.2) is 5.50 Å². The van der Waals surface area contributed by atoms with Crippen LogP contribution in [0.4, 0.5) is 0 Å². The Kier molecular flexibility index (Phi) is 7.99. The van der Waals surface area contributed by atoms with Gasteiger partial charge in [0.1, 0.15) is 18.3 Å². The Balaban J connectivity index is 0.00000122. The van der Waals surface area contributed by atoms with E-state index in [1.54, 1.807) is 6.92 Å². The number of aliphatic hydroxyl groups excluding tert-OH is 3. The monoisotopic (exact) mass is 324 g/mol. The smallest absolute Gasteiger partial charge is 0.259 e. The van der Waals surface area contributed by atoms with Crippen LogP contribution < -0.4 is 5.73 Å². The molecule has 0 fully saturated rings. The molecule has 0 aromatic carbocycles. The normalized spacial score (nSPS) is 30.4. The molecule has 1 aliphatic heterocycles. The molecule has 1 rings (SSSR count). The summed E-state index contributed by atoms with van der Waals surface area (Å²) in [6.07, 6.45) is -1.62. The Bertz CT molecular complexity index is 444. The SMILES string of the molecule is C[C@H]1[C@H]([C@H](O)[C@H](O)CO)OC(P(C)(=O)O)=C[C@@H]1N.N=C=O. The van der Waals surface area contributed by atoms with Gasteiger partial charge in [-0.25, -0.2) is 10.2 Å². The zero-order chi connectivity index (χ0) is 16.8. The molecule has 0 radical (unpaired) electrons. The number of isocyanates is 1. The molecule has 0 aromatic heterocycles. The zero-order valence-electron chi connectivity index (χ0n) is 11.7. The molecule has 1 heterocycles. The molecule has 7 N–H and O–H groups in total. The minimum absolute atomic E-state index is 0.178. The van der Waals surface area contributed by atoms with Crippen LogP contribution in [0.25, 0.3) is 0 Å². The fraction of sp³-hybridized carbons (Fsp3) is 0.727. The number of nitrogens with one attached hydrogen (secondary N) is 1. The van der Waals surface area contributed by atoms with E-state index < -0.39 is 38.3 Å². The Labute approximate surface area is 122 Å². The first-order valence-electron chi connectivity index (χ1n) is 6.05.